The molecule has 0 aliphatic carbocycles. The minimum Gasteiger partial charge on any atom is -0.376 e. The fraction of sp³-hybridized carbons (Fsp3) is 0.381. The van der Waals surface area contributed by atoms with E-state index in [9.17, 15) is 10.1 Å². The second kappa shape index (κ2) is 8.98. The van der Waals surface area contributed by atoms with Crippen molar-refractivity contribution in [2.75, 3.05) is 17.7 Å². The minimum atomic E-state index is -0.167. The number of amides is 1. The van der Waals surface area contributed by atoms with E-state index in [0.717, 1.165) is 45.3 Å². The number of nitrogens with zero attached hydrogens (tertiary/aromatic N) is 3. The molecule has 2 aromatic heterocycles. The van der Waals surface area contributed by atoms with Gasteiger partial charge in [0.1, 0.15) is 11.9 Å². The first kappa shape index (κ1) is 21.2. The van der Waals surface area contributed by atoms with Gasteiger partial charge in [-0.15, -0.1) is 11.3 Å². The number of carbonyl (C=O) groups excluding carboxylic acids is 1. The highest BCUT2D eigenvalue weighted by Crippen LogP contribution is 2.32. The van der Waals surface area contributed by atoms with Crippen LogP contribution in [-0.2, 0) is 16.1 Å². The van der Waals surface area contributed by atoms with E-state index in [1.165, 1.54) is 23.1 Å². The van der Waals surface area contributed by atoms with Crippen LogP contribution in [0.3, 0.4) is 0 Å². The Labute approximate surface area is 188 Å². The van der Waals surface area contributed by atoms with Crippen molar-refractivity contribution >= 4 is 56.6 Å². The van der Waals surface area contributed by atoms with Gasteiger partial charge in [-0.25, -0.2) is 4.98 Å². The Balaban J connectivity index is 1.48. The van der Waals surface area contributed by atoms with Crippen molar-refractivity contribution in [3.63, 3.8) is 0 Å². The van der Waals surface area contributed by atoms with Crippen LogP contribution >= 0.6 is 34.7 Å². The molecule has 0 spiro atoms. The maximum absolute atomic E-state index is 12.7. The van der Waals surface area contributed by atoms with Gasteiger partial charge in [0, 0.05) is 17.3 Å². The smallest absolute Gasteiger partial charge is 0.235 e. The molecule has 1 N–H and O–H groups in total. The molecular weight excluding hydrogens is 440 g/mol. The molecule has 3 aromatic rings. The van der Waals surface area contributed by atoms with Gasteiger partial charge in [-0.1, -0.05) is 23.4 Å². The highest BCUT2D eigenvalue weighted by molar-refractivity contribution is 8.01. The summed E-state index contributed by atoms with van der Waals surface area (Å²) in [5.74, 6) is 0.603. The summed E-state index contributed by atoms with van der Waals surface area (Å²) in [6.07, 6.45) is 2.14. The van der Waals surface area contributed by atoms with E-state index in [2.05, 4.69) is 16.4 Å². The maximum Gasteiger partial charge on any atom is 0.235 e. The SMILES string of the molecule is Cc1c(C#N)c(NC(=O)CSc2nc3cc(Cl)ccc3s2)n(C[C@H]2CCCO2)c1C. The quantitative estimate of drug-likeness (QED) is 0.514. The normalized spacial score (nSPS) is 16.1. The highest BCUT2D eigenvalue weighted by Gasteiger charge is 2.24. The van der Waals surface area contributed by atoms with Crippen LogP contribution in [0.4, 0.5) is 5.82 Å². The lowest BCUT2D eigenvalue weighted by Gasteiger charge is -2.16. The van der Waals surface area contributed by atoms with E-state index in [1.807, 2.05) is 36.6 Å². The average Bonchev–Trinajstić information content (AvgIpc) is 3.42. The molecule has 1 aliphatic rings. The third kappa shape index (κ3) is 4.35. The summed E-state index contributed by atoms with van der Waals surface area (Å²) < 4.78 is 9.61. The zero-order valence-corrected chi connectivity index (χ0v) is 19.1. The highest BCUT2D eigenvalue weighted by atomic mass is 35.5. The van der Waals surface area contributed by atoms with Gasteiger partial charge in [0.05, 0.1) is 34.2 Å². The Morgan fingerprint density at radius 2 is 2.33 bits per heavy atom. The Hall–Kier alpha value is -2.05. The Morgan fingerprint density at radius 1 is 1.50 bits per heavy atom. The molecule has 0 unspecified atom stereocenters. The van der Waals surface area contributed by atoms with Crippen LogP contribution in [-0.4, -0.2) is 33.9 Å². The average molecular weight is 461 g/mol. The zero-order valence-electron chi connectivity index (χ0n) is 16.7. The fourth-order valence-corrected chi connectivity index (χ4v) is 5.60. The summed E-state index contributed by atoms with van der Waals surface area (Å²) in [4.78, 5) is 17.2. The van der Waals surface area contributed by atoms with Crippen molar-refractivity contribution in [3.05, 3.63) is 40.0 Å². The van der Waals surface area contributed by atoms with Crippen molar-refractivity contribution in [2.45, 2.75) is 43.7 Å². The van der Waals surface area contributed by atoms with Gasteiger partial charge in [-0.2, -0.15) is 5.26 Å². The lowest BCUT2D eigenvalue weighted by atomic mass is 10.2. The molecule has 9 heteroatoms. The number of nitriles is 1. The van der Waals surface area contributed by atoms with Crippen molar-refractivity contribution < 1.29 is 9.53 Å². The Morgan fingerprint density at radius 3 is 3.07 bits per heavy atom. The zero-order chi connectivity index (χ0) is 21.3. The first-order chi connectivity index (χ1) is 14.5. The maximum atomic E-state index is 12.7. The van der Waals surface area contributed by atoms with Crippen molar-refractivity contribution in [1.29, 1.82) is 5.26 Å². The van der Waals surface area contributed by atoms with Crippen LogP contribution in [0.5, 0.6) is 0 Å². The van der Waals surface area contributed by atoms with Crippen LogP contribution in [0.25, 0.3) is 10.2 Å². The number of hydrogen-bond acceptors (Lipinski definition) is 6. The predicted molar refractivity (Wildman–Crippen MR) is 122 cm³/mol. The molecule has 1 aliphatic heterocycles. The number of carbonyl (C=O) groups is 1. The van der Waals surface area contributed by atoms with Gasteiger partial charge in [-0.05, 0) is 50.5 Å². The lowest BCUT2D eigenvalue weighted by molar-refractivity contribution is -0.113. The molecule has 0 saturated carbocycles. The van der Waals surface area contributed by atoms with Gasteiger partial charge in [0.2, 0.25) is 5.91 Å². The number of ether oxygens (including phenoxy) is 1. The van der Waals surface area contributed by atoms with Crippen molar-refractivity contribution in [1.82, 2.24) is 9.55 Å². The van der Waals surface area contributed by atoms with Gasteiger partial charge >= 0.3 is 0 Å². The van der Waals surface area contributed by atoms with Crippen molar-refractivity contribution in [3.8, 4) is 6.07 Å². The molecule has 1 amide bonds. The third-order valence-corrected chi connectivity index (χ3v) is 7.68. The van der Waals surface area contributed by atoms with Crippen molar-refractivity contribution in [2.24, 2.45) is 0 Å². The predicted octanol–water partition coefficient (Wildman–Crippen LogP) is 5.15. The molecule has 0 bridgehead atoms. The summed E-state index contributed by atoms with van der Waals surface area (Å²) in [5, 5.41) is 13.3. The van der Waals surface area contributed by atoms with Crippen LogP contribution in [0.2, 0.25) is 5.02 Å². The second-order valence-electron chi connectivity index (χ2n) is 7.22. The van der Waals surface area contributed by atoms with Gasteiger partial charge in [0.15, 0.2) is 4.34 Å². The molecule has 6 nitrogen and oxygen atoms in total. The second-order valence-corrected chi connectivity index (χ2v) is 9.91. The number of fused-ring (bicyclic) bond motifs is 1. The minimum absolute atomic E-state index is 0.113. The topological polar surface area (TPSA) is 79.9 Å². The standard InChI is InChI=1S/C21H21ClN4O2S2/c1-12-13(2)26(10-15-4-3-7-28-15)20(16(12)9-23)25-19(27)11-29-21-24-17-8-14(22)5-6-18(17)30-21/h5-6,8,15H,3-4,7,10-11H2,1-2H3,(H,25,27)/t15-/m1/s1. The van der Waals surface area contributed by atoms with Gasteiger partial charge in [-0.3, -0.25) is 4.79 Å². The fourth-order valence-electron chi connectivity index (χ4n) is 3.59. The third-order valence-electron chi connectivity index (χ3n) is 5.27. The molecule has 0 radical (unpaired) electrons. The van der Waals surface area contributed by atoms with Crippen LogP contribution in [0, 0.1) is 25.2 Å². The molecule has 1 aromatic carbocycles. The number of nitrogens with one attached hydrogen (secondary N) is 1. The molecular formula is C21H21ClN4O2S2. The molecule has 3 heterocycles. The summed E-state index contributed by atoms with van der Waals surface area (Å²) in [6, 6.07) is 7.83. The molecule has 1 fully saturated rings. The first-order valence-electron chi connectivity index (χ1n) is 9.66. The summed E-state index contributed by atoms with van der Waals surface area (Å²) in [7, 11) is 0. The number of benzene rings is 1. The molecule has 30 heavy (non-hydrogen) atoms. The van der Waals surface area contributed by atoms with Crippen LogP contribution < -0.4 is 5.32 Å². The largest absolute Gasteiger partial charge is 0.376 e. The monoisotopic (exact) mass is 460 g/mol. The van der Waals surface area contributed by atoms with E-state index in [4.69, 9.17) is 16.3 Å². The van der Waals surface area contributed by atoms with E-state index in [0.29, 0.717) is 22.9 Å². The number of thioether (sulfide) groups is 1. The number of rotatable bonds is 6. The summed E-state index contributed by atoms with van der Waals surface area (Å²) in [5.41, 5.74) is 3.21. The number of thiazole rings is 1. The van der Waals surface area contributed by atoms with Gasteiger partial charge in [0.25, 0.3) is 0 Å². The van der Waals surface area contributed by atoms with Gasteiger partial charge < -0.3 is 14.6 Å². The summed E-state index contributed by atoms with van der Waals surface area (Å²) >= 11 is 8.93. The van der Waals surface area contributed by atoms with Crippen LogP contribution in [0.1, 0.15) is 29.7 Å². The molecule has 156 valence electrons. The lowest BCUT2D eigenvalue weighted by Crippen LogP contribution is -2.22. The Kier molecular flexibility index (Phi) is 6.34. The number of anilines is 1. The molecule has 1 saturated heterocycles. The van der Waals surface area contributed by atoms with E-state index >= 15 is 0 Å². The van der Waals surface area contributed by atoms with E-state index in [1.54, 1.807) is 0 Å². The molecule has 1 atom stereocenters. The number of halogens is 1. The number of aromatic nitrogens is 2. The van der Waals surface area contributed by atoms with E-state index < -0.39 is 0 Å². The number of hydrogen-bond donors (Lipinski definition) is 1. The molecule has 4 rings (SSSR count). The van der Waals surface area contributed by atoms with Crippen LogP contribution in [0.15, 0.2) is 22.5 Å². The van der Waals surface area contributed by atoms with E-state index in [-0.39, 0.29) is 17.8 Å². The Bertz CT molecular complexity index is 1140. The first-order valence-corrected chi connectivity index (χ1v) is 11.8. The summed E-state index contributed by atoms with van der Waals surface area (Å²) in [6.45, 7) is 5.29.